The highest BCUT2D eigenvalue weighted by molar-refractivity contribution is 8.26. The van der Waals surface area contributed by atoms with Gasteiger partial charge in [-0.15, -0.1) is 11.8 Å². The van der Waals surface area contributed by atoms with Crippen LogP contribution in [0.1, 0.15) is 13.3 Å². The number of carbonyl (C=O) groups excluding carboxylic acids is 2. The van der Waals surface area contributed by atoms with Crippen LogP contribution in [-0.4, -0.2) is 32.7 Å². The lowest BCUT2D eigenvalue weighted by Crippen LogP contribution is -2.11. The lowest BCUT2D eigenvalue weighted by atomic mass is 10.5. The number of rotatable bonds is 2. The van der Waals surface area contributed by atoms with E-state index in [0.29, 0.717) is 0 Å². The maximum absolute atomic E-state index is 11.1. The van der Waals surface area contributed by atoms with E-state index in [1.54, 1.807) is 11.8 Å². The number of carbonyl (C=O) groups is 2. The predicted molar refractivity (Wildman–Crippen MR) is 61.5 cm³/mol. The van der Waals surface area contributed by atoms with Gasteiger partial charge < -0.3 is 0 Å². The highest BCUT2D eigenvalue weighted by Crippen LogP contribution is 2.31. The van der Waals surface area contributed by atoms with Gasteiger partial charge in [0.05, 0.1) is 4.58 Å². The molecule has 0 radical (unpaired) electrons. The molecule has 1 heterocycles. The average Bonchev–Trinajstić information content (AvgIpc) is 2.32. The molecule has 1 atom stereocenters. The van der Waals surface area contributed by atoms with Crippen LogP contribution in [0.2, 0.25) is 0 Å². The molecular weight excluding hydrogens is 224 g/mol. The van der Waals surface area contributed by atoms with E-state index < -0.39 is 0 Å². The van der Waals surface area contributed by atoms with Gasteiger partial charge in [-0.3, -0.25) is 9.59 Å². The SMILES string of the molecule is CC(=O)C(=O)SC1CSCCCS1. The largest absolute Gasteiger partial charge is 0.290 e. The van der Waals surface area contributed by atoms with Crippen molar-refractivity contribution in [3.05, 3.63) is 0 Å². The van der Waals surface area contributed by atoms with Gasteiger partial charge in [-0.25, -0.2) is 0 Å². The predicted octanol–water partition coefficient (Wildman–Crippen LogP) is 2.03. The number of hydrogen-bond donors (Lipinski definition) is 0. The van der Waals surface area contributed by atoms with Crippen LogP contribution in [0.3, 0.4) is 0 Å². The quantitative estimate of drug-likeness (QED) is 0.685. The van der Waals surface area contributed by atoms with Crippen molar-refractivity contribution in [2.24, 2.45) is 0 Å². The topological polar surface area (TPSA) is 34.1 Å². The Kier molecular flexibility index (Phi) is 5.28. The Bertz CT molecular complexity index is 198. The second-order valence-corrected chi connectivity index (χ2v) is 6.62. The van der Waals surface area contributed by atoms with E-state index in [4.69, 9.17) is 0 Å². The smallest absolute Gasteiger partial charge is 0.255 e. The Labute approximate surface area is 91.0 Å². The molecule has 0 amide bonds. The molecular formula is C8H12O2S3. The summed E-state index contributed by atoms with van der Waals surface area (Å²) in [6, 6.07) is 0. The summed E-state index contributed by atoms with van der Waals surface area (Å²) < 4.78 is 0.281. The third-order valence-electron chi connectivity index (χ3n) is 1.52. The van der Waals surface area contributed by atoms with E-state index in [1.807, 2.05) is 11.8 Å². The first-order valence-corrected chi connectivity index (χ1v) is 7.19. The van der Waals surface area contributed by atoms with Gasteiger partial charge in [0.2, 0.25) is 5.78 Å². The van der Waals surface area contributed by atoms with Crippen LogP contribution >= 0.6 is 35.3 Å². The molecule has 1 rings (SSSR count). The molecule has 0 bridgehead atoms. The Morgan fingerprint density at radius 1 is 1.38 bits per heavy atom. The standard InChI is InChI=1S/C8H12O2S3/c1-6(9)8(10)13-7-5-11-3-2-4-12-7/h7H,2-5H2,1H3. The first-order valence-electron chi connectivity index (χ1n) is 4.11. The van der Waals surface area contributed by atoms with Crippen LogP contribution in [0.4, 0.5) is 0 Å². The van der Waals surface area contributed by atoms with Crippen LogP contribution in [-0.2, 0) is 9.59 Å². The summed E-state index contributed by atoms with van der Waals surface area (Å²) in [6.45, 7) is 1.34. The first kappa shape index (κ1) is 11.5. The van der Waals surface area contributed by atoms with Crippen LogP contribution in [0.15, 0.2) is 0 Å². The highest BCUT2D eigenvalue weighted by atomic mass is 32.2. The van der Waals surface area contributed by atoms with Gasteiger partial charge in [0.1, 0.15) is 0 Å². The van der Waals surface area contributed by atoms with Crippen LogP contribution in [0, 0.1) is 0 Å². The molecule has 2 nitrogen and oxygen atoms in total. The van der Waals surface area contributed by atoms with E-state index in [0.717, 1.165) is 11.5 Å². The van der Waals surface area contributed by atoms with Crippen molar-refractivity contribution in [2.75, 3.05) is 17.3 Å². The van der Waals surface area contributed by atoms with E-state index >= 15 is 0 Å². The summed E-state index contributed by atoms with van der Waals surface area (Å²) in [7, 11) is 0. The van der Waals surface area contributed by atoms with Crippen LogP contribution in [0.5, 0.6) is 0 Å². The third-order valence-corrected chi connectivity index (χ3v) is 5.78. The van der Waals surface area contributed by atoms with Crippen molar-refractivity contribution in [3.63, 3.8) is 0 Å². The normalized spacial score (nSPS) is 23.6. The zero-order valence-corrected chi connectivity index (χ0v) is 9.90. The van der Waals surface area contributed by atoms with Crippen molar-refractivity contribution >= 4 is 46.2 Å². The van der Waals surface area contributed by atoms with Gasteiger partial charge in [-0.2, -0.15) is 11.8 Å². The lowest BCUT2D eigenvalue weighted by Gasteiger charge is -2.09. The molecule has 13 heavy (non-hydrogen) atoms. The summed E-state index contributed by atoms with van der Waals surface area (Å²) in [6.07, 6.45) is 1.21. The molecule has 1 aliphatic heterocycles. The third kappa shape index (κ3) is 4.42. The molecule has 0 aromatic carbocycles. The summed E-state index contributed by atoms with van der Waals surface area (Å²) in [5.74, 6) is 2.93. The highest BCUT2D eigenvalue weighted by Gasteiger charge is 2.19. The van der Waals surface area contributed by atoms with Crippen molar-refractivity contribution in [2.45, 2.75) is 17.9 Å². The molecule has 1 fully saturated rings. The Morgan fingerprint density at radius 3 is 2.85 bits per heavy atom. The van der Waals surface area contributed by atoms with Crippen molar-refractivity contribution in [3.8, 4) is 0 Å². The second kappa shape index (κ2) is 5.98. The monoisotopic (exact) mass is 236 g/mol. The van der Waals surface area contributed by atoms with Crippen molar-refractivity contribution in [1.29, 1.82) is 0 Å². The van der Waals surface area contributed by atoms with Crippen molar-refractivity contribution < 1.29 is 9.59 Å². The molecule has 0 aliphatic carbocycles. The minimum absolute atomic E-state index is 0.281. The van der Waals surface area contributed by atoms with Gasteiger partial charge in [0.25, 0.3) is 5.12 Å². The van der Waals surface area contributed by atoms with Gasteiger partial charge in [0, 0.05) is 12.7 Å². The van der Waals surface area contributed by atoms with E-state index in [1.165, 1.54) is 30.9 Å². The molecule has 1 saturated heterocycles. The van der Waals surface area contributed by atoms with Crippen LogP contribution in [0.25, 0.3) is 0 Å². The van der Waals surface area contributed by atoms with E-state index in [9.17, 15) is 9.59 Å². The summed E-state index contributed by atoms with van der Waals surface area (Å²) >= 11 is 4.87. The maximum atomic E-state index is 11.1. The molecule has 0 N–H and O–H groups in total. The molecule has 0 aromatic rings. The van der Waals surface area contributed by atoms with E-state index in [-0.39, 0.29) is 15.5 Å². The molecule has 1 unspecified atom stereocenters. The number of Topliss-reactive ketones (excluding diaryl/α,β-unsaturated/α-hetero) is 1. The minimum atomic E-state index is -0.333. The van der Waals surface area contributed by atoms with Crippen LogP contribution < -0.4 is 0 Å². The Morgan fingerprint density at radius 2 is 2.15 bits per heavy atom. The fourth-order valence-electron chi connectivity index (χ4n) is 0.874. The minimum Gasteiger partial charge on any atom is -0.290 e. The zero-order chi connectivity index (χ0) is 9.68. The molecule has 5 heteroatoms. The maximum Gasteiger partial charge on any atom is 0.255 e. The molecule has 0 aromatic heterocycles. The average molecular weight is 236 g/mol. The van der Waals surface area contributed by atoms with Crippen molar-refractivity contribution in [1.82, 2.24) is 0 Å². The van der Waals surface area contributed by atoms with Gasteiger partial charge in [0.15, 0.2) is 0 Å². The Balaban J connectivity index is 2.33. The molecule has 0 saturated carbocycles. The molecule has 1 aliphatic rings. The molecule has 74 valence electrons. The lowest BCUT2D eigenvalue weighted by molar-refractivity contribution is -0.130. The number of hydrogen-bond acceptors (Lipinski definition) is 5. The fraction of sp³-hybridized carbons (Fsp3) is 0.750. The number of thioether (sulfide) groups is 3. The first-order chi connectivity index (χ1) is 6.20. The fourth-order valence-corrected chi connectivity index (χ4v) is 4.80. The zero-order valence-electron chi connectivity index (χ0n) is 7.45. The van der Waals surface area contributed by atoms with Gasteiger partial charge >= 0.3 is 0 Å². The number of ketones is 1. The summed E-state index contributed by atoms with van der Waals surface area (Å²) in [4.78, 5) is 21.8. The second-order valence-electron chi connectivity index (χ2n) is 2.69. The summed E-state index contributed by atoms with van der Waals surface area (Å²) in [5.41, 5.74) is 0. The summed E-state index contributed by atoms with van der Waals surface area (Å²) in [5, 5.41) is -0.292. The molecule has 0 spiro atoms. The van der Waals surface area contributed by atoms with E-state index in [2.05, 4.69) is 0 Å². The van der Waals surface area contributed by atoms with Gasteiger partial charge in [-0.05, 0) is 17.9 Å². The Hall–Kier alpha value is 0.390. The van der Waals surface area contributed by atoms with Gasteiger partial charge in [-0.1, -0.05) is 11.8 Å².